The van der Waals surface area contributed by atoms with Crippen molar-refractivity contribution in [1.82, 2.24) is 14.3 Å². The van der Waals surface area contributed by atoms with E-state index in [2.05, 4.69) is 9.97 Å². The third-order valence-corrected chi connectivity index (χ3v) is 7.47. The predicted octanol–water partition coefficient (Wildman–Crippen LogP) is 4.74. The van der Waals surface area contributed by atoms with Crippen molar-refractivity contribution in [3.63, 3.8) is 0 Å². The second-order valence-corrected chi connectivity index (χ2v) is 10.3. The molecule has 2 heterocycles. The highest BCUT2D eigenvalue weighted by Gasteiger charge is 2.51. The number of aryl methyl sites for hydroxylation is 1. The third kappa shape index (κ3) is 5.18. The number of anilines is 1. The molecule has 1 aromatic heterocycles. The van der Waals surface area contributed by atoms with Crippen molar-refractivity contribution in [3.8, 4) is 0 Å². The van der Waals surface area contributed by atoms with Gasteiger partial charge in [-0.3, -0.25) is 0 Å². The Bertz CT molecular complexity index is 1190. The number of fused-ring (bicyclic) bond motifs is 1. The lowest BCUT2D eigenvalue weighted by Gasteiger charge is -2.34. The number of aromatic nitrogens is 2. The van der Waals surface area contributed by atoms with E-state index in [1.54, 1.807) is 24.4 Å². The lowest BCUT2D eigenvalue weighted by Crippen LogP contribution is -2.47. The van der Waals surface area contributed by atoms with Crippen LogP contribution in [0.25, 0.3) is 0 Å². The number of hydrogen-bond acceptors (Lipinski definition) is 4. The number of imidazole rings is 1. The number of rotatable bonds is 6. The van der Waals surface area contributed by atoms with Crippen molar-refractivity contribution in [2.45, 2.75) is 37.5 Å². The summed E-state index contributed by atoms with van der Waals surface area (Å²) >= 11 is 6.24. The van der Waals surface area contributed by atoms with Crippen molar-refractivity contribution in [2.24, 2.45) is 0 Å². The number of halogens is 4. The Hall–Kier alpha value is -2.56. The summed E-state index contributed by atoms with van der Waals surface area (Å²) in [5.74, 6) is 0. The number of sulfonamides is 1. The molecule has 33 heavy (non-hydrogen) atoms. The minimum Gasteiger partial charge on any atom is -0.361 e. The van der Waals surface area contributed by atoms with Crippen molar-refractivity contribution in [3.05, 3.63) is 82.9 Å². The first kappa shape index (κ1) is 23.6. The highest BCUT2D eigenvalue weighted by atomic mass is 35.5. The van der Waals surface area contributed by atoms with Gasteiger partial charge in [0, 0.05) is 36.0 Å². The zero-order chi connectivity index (χ0) is 23.6. The number of alkyl halides is 3. The van der Waals surface area contributed by atoms with Gasteiger partial charge in [0.1, 0.15) is 0 Å². The number of benzene rings is 2. The van der Waals surface area contributed by atoms with E-state index in [1.807, 2.05) is 35.2 Å². The molecule has 1 aliphatic rings. The number of nitrogens with one attached hydrogen (secondary N) is 1. The van der Waals surface area contributed by atoms with Crippen LogP contribution in [0.1, 0.15) is 23.2 Å². The molecule has 0 saturated heterocycles. The van der Waals surface area contributed by atoms with Gasteiger partial charge in [0.2, 0.25) is 0 Å². The highest BCUT2D eigenvalue weighted by Crippen LogP contribution is 2.37. The molecule has 0 spiro atoms. The summed E-state index contributed by atoms with van der Waals surface area (Å²) in [4.78, 5) is 8.96. The van der Waals surface area contributed by atoms with E-state index in [-0.39, 0.29) is 6.54 Å². The van der Waals surface area contributed by atoms with Crippen LogP contribution in [0.15, 0.2) is 61.1 Å². The summed E-state index contributed by atoms with van der Waals surface area (Å²) in [6.45, 7) is -0.391. The molecule has 6 nitrogen and oxygen atoms in total. The Balaban J connectivity index is 1.76. The molecule has 0 bridgehead atoms. The van der Waals surface area contributed by atoms with Crippen molar-refractivity contribution in [2.75, 3.05) is 11.4 Å². The minimum atomic E-state index is -5.52. The fraction of sp³-hybridized carbons (Fsp3) is 0.318. The Morgan fingerprint density at radius 2 is 1.91 bits per heavy atom. The maximum Gasteiger partial charge on any atom is 0.511 e. The molecule has 3 aromatic rings. The smallest absolute Gasteiger partial charge is 0.361 e. The molecule has 0 saturated carbocycles. The Labute approximate surface area is 195 Å². The maximum atomic E-state index is 13.5. The minimum absolute atomic E-state index is 0.310. The zero-order valence-electron chi connectivity index (χ0n) is 17.5. The van der Waals surface area contributed by atoms with Gasteiger partial charge in [-0.2, -0.15) is 17.5 Å². The fourth-order valence-electron chi connectivity index (χ4n) is 4.05. The first-order chi connectivity index (χ1) is 15.6. The van der Waals surface area contributed by atoms with Crippen LogP contribution in [0.2, 0.25) is 5.02 Å². The SMILES string of the molecule is O=S(=O)(N1Cc2ccc(Cl)cc2N(Cc2cnc[nH]2)C(CCc2ccccc2)C1)C(F)(F)F. The van der Waals surface area contributed by atoms with Gasteiger partial charge < -0.3 is 9.88 Å². The van der Waals surface area contributed by atoms with Gasteiger partial charge in [-0.1, -0.05) is 48.0 Å². The fourth-order valence-corrected chi connectivity index (χ4v) is 5.18. The molecule has 0 radical (unpaired) electrons. The van der Waals surface area contributed by atoms with E-state index < -0.39 is 28.1 Å². The van der Waals surface area contributed by atoms with Gasteiger partial charge in [0.15, 0.2) is 0 Å². The van der Waals surface area contributed by atoms with Gasteiger partial charge in [0.25, 0.3) is 0 Å². The maximum absolute atomic E-state index is 13.5. The standard InChI is InChI=1S/C22H22ClF3N4O2S/c23-18-8-7-17-12-29(33(31,32)22(24,25)26)14-20(9-6-16-4-2-1-3-5-16)30(21(17)10-18)13-19-11-27-15-28-19/h1-5,7-8,10-11,15,20H,6,9,12-14H2,(H,27,28). The summed E-state index contributed by atoms with van der Waals surface area (Å²) in [7, 11) is -5.52. The second kappa shape index (κ2) is 9.36. The second-order valence-electron chi connectivity index (χ2n) is 7.90. The number of hydrogen-bond donors (Lipinski definition) is 1. The van der Waals surface area contributed by atoms with E-state index in [0.717, 1.165) is 11.3 Å². The summed E-state index contributed by atoms with van der Waals surface area (Å²) in [6.07, 6.45) is 4.16. The largest absolute Gasteiger partial charge is 0.511 e. The zero-order valence-corrected chi connectivity index (χ0v) is 19.0. The molecule has 1 unspecified atom stereocenters. The lowest BCUT2D eigenvalue weighted by atomic mass is 10.0. The average molecular weight is 499 g/mol. The normalized spacial score (nSPS) is 17.6. The molecular weight excluding hydrogens is 477 g/mol. The molecule has 176 valence electrons. The molecule has 4 rings (SSSR count). The van der Waals surface area contributed by atoms with Crippen LogP contribution in [0.4, 0.5) is 18.9 Å². The molecule has 1 aliphatic heterocycles. The monoisotopic (exact) mass is 498 g/mol. The molecule has 1 atom stereocenters. The number of nitrogens with zero attached hydrogens (tertiary/aromatic N) is 3. The van der Waals surface area contributed by atoms with E-state index >= 15 is 0 Å². The summed E-state index contributed by atoms with van der Waals surface area (Å²) in [6, 6.07) is 13.8. The van der Waals surface area contributed by atoms with Gasteiger partial charge >= 0.3 is 15.5 Å². The Morgan fingerprint density at radius 3 is 2.58 bits per heavy atom. The van der Waals surface area contributed by atoms with Gasteiger partial charge in [0.05, 0.1) is 18.6 Å². The van der Waals surface area contributed by atoms with Crippen LogP contribution in [0.5, 0.6) is 0 Å². The van der Waals surface area contributed by atoms with Crippen LogP contribution >= 0.6 is 11.6 Å². The van der Waals surface area contributed by atoms with Gasteiger partial charge in [-0.25, -0.2) is 13.4 Å². The number of H-pyrrole nitrogens is 1. The first-order valence-corrected chi connectivity index (χ1v) is 12.1. The van der Waals surface area contributed by atoms with Crippen LogP contribution in [0.3, 0.4) is 0 Å². The summed E-state index contributed by atoms with van der Waals surface area (Å²) in [5, 5.41) is 0.414. The topological polar surface area (TPSA) is 69.3 Å². The van der Waals surface area contributed by atoms with Crippen LogP contribution in [0, 0.1) is 0 Å². The lowest BCUT2D eigenvalue weighted by molar-refractivity contribution is -0.0492. The molecule has 0 amide bonds. The third-order valence-electron chi connectivity index (χ3n) is 5.70. The molecule has 1 N–H and O–H groups in total. The van der Waals surface area contributed by atoms with Crippen LogP contribution < -0.4 is 4.90 Å². The quantitative estimate of drug-likeness (QED) is 0.533. The highest BCUT2D eigenvalue weighted by molar-refractivity contribution is 7.89. The summed E-state index contributed by atoms with van der Waals surface area (Å²) < 4.78 is 65.9. The van der Waals surface area contributed by atoms with E-state index in [1.165, 1.54) is 6.33 Å². The van der Waals surface area contributed by atoms with Crippen molar-refractivity contribution in [1.29, 1.82) is 0 Å². The number of aromatic amines is 1. The van der Waals surface area contributed by atoms with Gasteiger partial charge in [-0.05, 0) is 36.1 Å². The Morgan fingerprint density at radius 1 is 1.15 bits per heavy atom. The molecule has 11 heteroatoms. The first-order valence-electron chi connectivity index (χ1n) is 10.3. The van der Waals surface area contributed by atoms with E-state index in [0.29, 0.717) is 40.0 Å². The molecular formula is C22H22ClF3N4O2S. The van der Waals surface area contributed by atoms with Crippen molar-refractivity contribution < 1.29 is 21.6 Å². The Kier molecular flexibility index (Phi) is 6.69. The predicted molar refractivity (Wildman–Crippen MR) is 120 cm³/mol. The van der Waals surface area contributed by atoms with E-state index in [4.69, 9.17) is 11.6 Å². The summed E-state index contributed by atoms with van der Waals surface area (Å²) in [5.41, 5.74) is -2.57. The molecule has 0 aliphatic carbocycles. The van der Waals surface area contributed by atoms with Crippen LogP contribution in [-0.2, 0) is 29.5 Å². The van der Waals surface area contributed by atoms with Crippen LogP contribution in [-0.4, -0.2) is 40.8 Å². The molecule has 0 fully saturated rings. The molecule has 2 aromatic carbocycles. The average Bonchev–Trinajstić information content (AvgIpc) is 3.23. The van der Waals surface area contributed by atoms with Gasteiger partial charge in [-0.15, -0.1) is 0 Å². The van der Waals surface area contributed by atoms with Crippen molar-refractivity contribution >= 4 is 27.3 Å². The van der Waals surface area contributed by atoms with E-state index in [9.17, 15) is 21.6 Å².